The van der Waals surface area contributed by atoms with Gasteiger partial charge in [-0.1, -0.05) is 13.8 Å². The molecule has 0 aliphatic rings. The summed E-state index contributed by atoms with van der Waals surface area (Å²) in [6.07, 6.45) is 0. The lowest BCUT2D eigenvalue weighted by atomic mass is 10.2. The van der Waals surface area contributed by atoms with E-state index < -0.39 is 0 Å². The summed E-state index contributed by atoms with van der Waals surface area (Å²) in [4.78, 5) is 0. The lowest BCUT2D eigenvalue weighted by Crippen LogP contribution is -2.09. The van der Waals surface area contributed by atoms with Gasteiger partial charge in [0.1, 0.15) is 11.5 Å². The largest absolute Gasteiger partial charge is 0.508 e. The minimum absolute atomic E-state index is 0.185. The van der Waals surface area contributed by atoms with Crippen LogP contribution in [0.5, 0.6) is 11.5 Å². The van der Waals surface area contributed by atoms with E-state index in [1.807, 2.05) is 0 Å². The van der Waals surface area contributed by atoms with Gasteiger partial charge in [-0.15, -0.1) is 0 Å². The zero-order chi connectivity index (χ0) is 11.0. The van der Waals surface area contributed by atoms with Crippen LogP contribution in [0.3, 0.4) is 0 Å². The van der Waals surface area contributed by atoms with E-state index in [1.165, 1.54) is 18.2 Å². The van der Waals surface area contributed by atoms with Gasteiger partial charge in [-0.25, -0.2) is 0 Å². The van der Waals surface area contributed by atoms with Crippen LogP contribution < -0.4 is 5.32 Å². The first-order valence-electron chi connectivity index (χ1n) is 4.81. The molecule has 3 heteroatoms. The molecular weight excluding hydrogens is 178 g/mol. The van der Waals surface area contributed by atoms with Crippen molar-refractivity contribution in [2.45, 2.75) is 20.8 Å². The predicted octanol–water partition coefficient (Wildman–Crippen LogP) is 2.02. The quantitative estimate of drug-likeness (QED) is 0.636. The Hall–Kier alpha value is -1.22. The van der Waals surface area contributed by atoms with E-state index in [2.05, 4.69) is 19.2 Å². The Morgan fingerprint density at radius 2 is 1.71 bits per heavy atom. The molecule has 14 heavy (non-hydrogen) atoms. The number of aryl methyl sites for hydroxylation is 1. The number of phenols is 2. The molecule has 0 saturated carbocycles. The van der Waals surface area contributed by atoms with Crippen molar-refractivity contribution in [1.82, 2.24) is 5.32 Å². The highest BCUT2D eigenvalue weighted by molar-refractivity contribution is 5.37. The average Bonchev–Trinajstić information content (AvgIpc) is 2.14. The molecule has 0 aromatic heterocycles. The van der Waals surface area contributed by atoms with Gasteiger partial charge in [0.05, 0.1) is 0 Å². The molecule has 80 valence electrons. The molecule has 0 atom stereocenters. The first kappa shape index (κ1) is 12.8. The number of phenolic OH excluding ortho intramolecular Hbond substituents is 2. The lowest BCUT2D eigenvalue weighted by molar-refractivity contribution is 0.456. The fourth-order valence-electron chi connectivity index (χ4n) is 0.890. The molecule has 3 N–H and O–H groups in total. The van der Waals surface area contributed by atoms with Gasteiger partial charge in [0.25, 0.3) is 0 Å². The minimum Gasteiger partial charge on any atom is -0.508 e. The Balaban J connectivity index is 0.000000292. The molecule has 1 rings (SSSR count). The first-order chi connectivity index (χ1) is 6.61. The Kier molecular flexibility index (Phi) is 6.58. The lowest BCUT2D eigenvalue weighted by Gasteiger charge is -1.96. The molecule has 1 aromatic carbocycles. The van der Waals surface area contributed by atoms with Gasteiger partial charge in [0.2, 0.25) is 0 Å². The maximum Gasteiger partial charge on any atom is 0.118 e. The van der Waals surface area contributed by atoms with E-state index in [4.69, 9.17) is 10.2 Å². The van der Waals surface area contributed by atoms with Gasteiger partial charge in [0, 0.05) is 0 Å². The third kappa shape index (κ3) is 5.43. The van der Waals surface area contributed by atoms with Crippen LogP contribution in [0.1, 0.15) is 19.4 Å². The van der Waals surface area contributed by atoms with Crippen LogP contribution in [0.25, 0.3) is 0 Å². The molecule has 0 aliphatic heterocycles. The number of aromatic hydroxyl groups is 2. The van der Waals surface area contributed by atoms with Gasteiger partial charge in [0.15, 0.2) is 0 Å². The molecule has 0 radical (unpaired) electrons. The van der Waals surface area contributed by atoms with Crippen LogP contribution in [-0.4, -0.2) is 23.3 Å². The summed E-state index contributed by atoms with van der Waals surface area (Å²) in [5.41, 5.74) is 0.690. The molecule has 0 amide bonds. The molecule has 0 heterocycles. The number of benzene rings is 1. The highest BCUT2D eigenvalue weighted by Crippen LogP contribution is 2.19. The summed E-state index contributed by atoms with van der Waals surface area (Å²) in [6.45, 7) is 8.12. The second-order valence-corrected chi connectivity index (χ2v) is 2.93. The third-order valence-corrected chi connectivity index (χ3v) is 1.68. The maximum atomic E-state index is 8.93. The normalized spacial score (nSPS) is 9.07. The molecule has 0 aliphatic carbocycles. The van der Waals surface area contributed by atoms with Crippen molar-refractivity contribution in [3.05, 3.63) is 23.8 Å². The Morgan fingerprint density at radius 3 is 2.00 bits per heavy atom. The zero-order valence-electron chi connectivity index (χ0n) is 9.04. The molecule has 0 unspecified atom stereocenters. The van der Waals surface area contributed by atoms with E-state index in [0.717, 1.165) is 13.1 Å². The number of nitrogens with one attached hydrogen (secondary N) is 1. The van der Waals surface area contributed by atoms with Gasteiger partial charge in [-0.2, -0.15) is 0 Å². The molecular formula is C11H19NO2. The van der Waals surface area contributed by atoms with Gasteiger partial charge in [-0.05, 0) is 43.8 Å². The molecule has 0 fully saturated rings. The molecule has 1 aromatic rings. The van der Waals surface area contributed by atoms with Crippen LogP contribution >= 0.6 is 0 Å². The van der Waals surface area contributed by atoms with E-state index >= 15 is 0 Å². The monoisotopic (exact) mass is 197 g/mol. The fraction of sp³-hybridized carbons (Fsp3) is 0.455. The summed E-state index contributed by atoms with van der Waals surface area (Å²) >= 11 is 0. The topological polar surface area (TPSA) is 52.5 Å². The summed E-state index contributed by atoms with van der Waals surface area (Å²) in [5.74, 6) is 0.401. The second kappa shape index (κ2) is 7.21. The minimum atomic E-state index is 0.185. The van der Waals surface area contributed by atoms with E-state index in [1.54, 1.807) is 6.92 Å². The number of hydrogen-bond donors (Lipinski definition) is 3. The molecule has 0 spiro atoms. The smallest absolute Gasteiger partial charge is 0.118 e. The Bertz CT molecular complexity index is 259. The number of hydrogen-bond acceptors (Lipinski definition) is 3. The standard InChI is InChI=1S/C7H8O2.C4H11N/c1-5-4-6(8)2-3-7(5)9;1-3-5-4-2/h2-4,8-9H,1H3;5H,3-4H2,1-2H3. The van der Waals surface area contributed by atoms with Crippen molar-refractivity contribution in [2.75, 3.05) is 13.1 Å². The SMILES string of the molecule is CCNCC.Cc1cc(O)ccc1O. The Labute approximate surface area is 85.4 Å². The van der Waals surface area contributed by atoms with Crippen LogP contribution in [0.4, 0.5) is 0 Å². The summed E-state index contributed by atoms with van der Waals surface area (Å²) in [5, 5.41) is 20.9. The first-order valence-corrected chi connectivity index (χ1v) is 4.81. The summed E-state index contributed by atoms with van der Waals surface area (Å²) < 4.78 is 0. The third-order valence-electron chi connectivity index (χ3n) is 1.68. The van der Waals surface area contributed by atoms with Crippen LogP contribution in [0, 0.1) is 6.92 Å². The second-order valence-electron chi connectivity index (χ2n) is 2.93. The fourth-order valence-corrected chi connectivity index (χ4v) is 0.890. The van der Waals surface area contributed by atoms with E-state index in [-0.39, 0.29) is 11.5 Å². The summed E-state index contributed by atoms with van der Waals surface area (Å²) in [6, 6.07) is 4.42. The van der Waals surface area contributed by atoms with Crippen LogP contribution in [-0.2, 0) is 0 Å². The van der Waals surface area contributed by atoms with Crippen molar-refractivity contribution in [1.29, 1.82) is 0 Å². The van der Waals surface area contributed by atoms with E-state index in [0.29, 0.717) is 5.56 Å². The summed E-state index contributed by atoms with van der Waals surface area (Å²) in [7, 11) is 0. The van der Waals surface area contributed by atoms with E-state index in [9.17, 15) is 0 Å². The van der Waals surface area contributed by atoms with Crippen molar-refractivity contribution < 1.29 is 10.2 Å². The molecule has 3 nitrogen and oxygen atoms in total. The van der Waals surface area contributed by atoms with Gasteiger partial charge in [-0.3, -0.25) is 0 Å². The number of rotatable bonds is 2. The van der Waals surface area contributed by atoms with Gasteiger partial charge < -0.3 is 15.5 Å². The Morgan fingerprint density at radius 1 is 1.14 bits per heavy atom. The highest BCUT2D eigenvalue weighted by atomic mass is 16.3. The molecule has 0 bridgehead atoms. The van der Waals surface area contributed by atoms with Crippen molar-refractivity contribution in [3.8, 4) is 11.5 Å². The maximum absolute atomic E-state index is 8.93. The van der Waals surface area contributed by atoms with Crippen molar-refractivity contribution >= 4 is 0 Å². The van der Waals surface area contributed by atoms with Crippen LogP contribution in [0.2, 0.25) is 0 Å². The predicted molar refractivity (Wildman–Crippen MR) is 58.7 cm³/mol. The van der Waals surface area contributed by atoms with Crippen LogP contribution in [0.15, 0.2) is 18.2 Å². The molecule has 0 saturated heterocycles. The van der Waals surface area contributed by atoms with Crippen molar-refractivity contribution in [3.63, 3.8) is 0 Å². The highest BCUT2D eigenvalue weighted by Gasteiger charge is 1.93. The zero-order valence-corrected chi connectivity index (χ0v) is 9.04. The van der Waals surface area contributed by atoms with Crippen molar-refractivity contribution in [2.24, 2.45) is 0 Å². The van der Waals surface area contributed by atoms with Gasteiger partial charge >= 0.3 is 0 Å². The average molecular weight is 197 g/mol.